The van der Waals surface area contributed by atoms with Gasteiger partial charge in [0, 0.05) is 13.5 Å². The fourth-order valence-electron chi connectivity index (χ4n) is 1.85. The Hall–Kier alpha value is -1.10. The van der Waals surface area contributed by atoms with Gasteiger partial charge in [0.25, 0.3) is 0 Å². The molecule has 0 spiro atoms. The van der Waals surface area contributed by atoms with E-state index in [1.807, 2.05) is 0 Å². The van der Waals surface area contributed by atoms with Crippen molar-refractivity contribution in [2.24, 2.45) is 0 Å². The molecule has 0 saturated carbocycles. The molecule has 2 N–H and O–H groups in total. The largest absolute Gasteiger partial charge is 0.498 e. The summed E-state index contributed by atoms with van der Waals surface area (Å²) in [7, 11) is 2.98. The van der Waals surface area contributed by atoms with Gasteiger partial charge in [0.1, 0.15) is 11.9 Å². The lowest BCUT2D eigenvalue weighted by Crippen LogP contribution is -2.46. The number of hydrogen-bond acceptors (Lipinski definition) is 4. The molecule has 0 aliphatic heterocycles. The van der Waals surface area contributed by atoms with E-state index in [-0.39, 0.29) is 6.61 Å². The lowest BCUT2D eigenvalue weighted by molar-refractivity contribution is -0.0733. The van der Waals surface area contributed by atoms with Gasteiger partial charge in [-0.3, -0.25) is 0 Å². The molecule has 1 rings (SSSR count). The first-order chi connectivity index (χ1) is 7.62. The minimum absolute atomic E-state index is 0.114. The van der Waals surface area contributed by atoms with Crippen LogP contribution in [0.1, 0.15) is 6.42 Å². The van der Waals surface area contributed by atoms with E-state index in [0.717, 1.165) is 0 Å². The molecule has 0 aromatic carbocycles. The smallest absolute Gasteiger partial charge is 0.154 e. The summed E-state index contributed by atoms with van der Waals surface area (Å²) in [5.74, 6) is 0.380. The maximum Gasteiger partial charge on any atom is 0.154 e. The number of hydrogen-bond donors (Lipinski definition) is 2. The molecule has 1 aliphatic rings. The molecule has 16 heavy (non-hydrogen) atoms. The fourth-order valence-corrected chi connectivity index (χ4v) is 1.85. The van der Waals surface area contributed by atoms with Gasteiger partial charge in [0.15, 0.2) is 5.60 Å². The maximum absolute atomic E-state index is 10.5. The van der Waals surface area contributed by atoms with Crippen molar-refractivity contribution in [3.05, 3.63) is 36.1 Å². The molecule has 1 aliphatic carbocycles. The van der Waals surface area contributed by atoms with Crippen molar-refractivity contribution in [1.82, 2.24) is 0 Å². The third kappa shape index (κ3) is 2.19. The zero-order valence-electron chi connectivity index (χ0n) is 9.64. The highest BCUT2D eigenvalue weighted by atomic mass is 16.5. The molecule has 2 unspecified atom stereocenters. The van der Waals surface area contributed by atoms with Crippen LogP contribution in [0.25, 0.3) is 0 Å². The Kier molecular flexibility index (Phi) is 4.29. The first kappa shape index (κ1) is 13.0. The van der Waals surface area contributed by atoms with Crippen LogP contribution >= 0.6 is 0 Å². The van der Waals surface area contributed by atoms with Crippen LogP contribution in [-0.4, -0.2) is 42.7 Å². The monoisotopic (exact) mass is 226 g/mol. The molecule has 0 amide bonds. The van der Waals surface area contributed by atoms with E-state index < -0.39 is 11.7 Å². The zero-order chi connectivity index (χ0) is 12.2. The second kappa shape index (κ2) is 5.30. The van der Waals surface area contributed by atoms with E-state index in [1.54, 1.807) is 18.2 Å². The van der Waals surface area contributed by atoms with Crippen molar-refractivity contribution in [2.75, 3.05) is 20.8 Å². The molecule has 4 heteroatoms. The van der Waals surface area contributed by atoms with Crippen LogP contribution in [0.3, 0.4) is 0 Å². The molecule has 0 bridgehead atoms. The van der Waals surface area contributed by atoms with Crippen LogP contribution in [0.5, 0.6) is 0 Å². The maximum atomic E-state index is 10.5. The number of aliphatic hydroxyl groups excluding tert-OH is 1. The van der Waals surface area contributed by atoms with Gasteiger partial charge in [-0.05, 0) is 17.7 Å². The highest BCUT2D eigenvalue weighted by Crippen LogP contribution is 2.33. The Balaban J connectivity index is 3.11. The topological polar surface area (TPSA) is 58.9 Å². The second-order valence-electron chi connectivity index (χ2n) is 3.69. The molecular weight excluding hydrogens is 208 g/mol. The van der Waals surface area contributed by atoms with Gasteiger partial charge in [-0.2, -0.15) is 0 Å². The predicted molar refractivity (Wildman–Crippen MR) is 60.8 cm³/mol. The molecule has 0 saturated heterocycles. The molecule has 0 heterocycles. The quantitative estimate of drug-likeness (QED) is 0.680. The first-order valence-corrected chi connectivity index (χ1v) is 5.06. The van der Waals surface area contributed by atoms with Crippen molar-refractivity contribution in [2.45, 2.75) is 18.1 Å². The van der Waals surface area contributed by atoms with E-state index in [4.69, 9.17) is 14.6 Å². The van der Waals surface area contributed by atoms with E-state index >= 15 is 0 Å². The van der Waals surface area contributed by atoms with E-state index in [2.05, 4.69) is 6.58 Å². The molecule has 90 valence electrons. The van der Waals surface area contributed by atoms with E-state index in [0.29, 0.717) is 17.8 Å². The highest BCUT2D eigenvalue weighted by molar-refractivity contribution is 5.36. The van der Waals surface area contributed by atoms with Crippen molar-refractivity contribution in [3.8, 4) is 0 Å². The van der Waals surface area contributed by atoms with Crippen molar-refractivity contribution in [1.29, 1.82) is 0 Å². The van der Waals surface area contributed by atoms with Gasteiger partial charge in [-0.15, -0.1) is 6.58 Å². The van der Waals surface area contributed by atoms with Crippen LogP contribution in [-0.2, 0) is 9.47 Å². The van der Waals surface area contributed by atoms with E-state index in [1.165, 1.54) is 14.2 Å². The summed E-state index contributed by atoms with van der Waals surface area (Å²) in [4.78, 5) is 0. The van der Waals surface area contributed by atoms with Gasteiger partial charge < -0.3 is 19.7 Å². The van der Waals surface area contributed by atoms with Crippen molar-refractivity contribution < 1.29 is 19.7 Å². The average molecular weight is 226 g/mol. The summed E-state index contributed by atoms with van der Waals surface area (Å²) in [5.41, 5.74) is -0.582. The Bertz CT molecular complexity index is 319. The Labute approximate surface area is 95.5 Å². The standard InChI is InChI=1S/C12H18O4/c1-4-5-12(14)10(15-2)6-9(8-13)7-11(12)16-3/h4,6-7,10,13-14H,1,5,8H2,2-3H3. The summed E-state index contributed by atoms with van der Waals surface area (Å²) in [5, 5.41) is 19.6. The molecule has 2 atom stereocenters. The molecule has 4 nitrogen and oxygen atoms in total. The van der Waals surface area contributed by atoms with Gasteiger partial charge in [0.05, 0.1) is 13.7 Å². The number of aliphatic hydroxyl groups is 2. The van der Waals surface area contributed by atoms with Crippen LogP contribution in [0.15, 0.2) is 36.1 Å². The minimum Gasteiger partial charge on any atom is -0.498 e. The average Bonchev–Trinajstić information content (AvgIpc) is 2.29. The summed E-state index contributed by atoms with van der Waals surface area (Å²) in [6, 6.07) is 0. The van der Waals surface area contributed by atoms with Gasteiger partial charge >= 0.3 is 0 Å². The lowest BCUT2D eigenvalue weighted by Gasteiger charge is -2.36. The fraction of sp³-hybridized carbons (Fsp3) is 0.500. The minimum atomic E-state index is -1.25. The molecule has 0 aromatic rings. The van der Waals surface area contributed by atoms with Gasteiger partial charge in [-0.1, -0.05) is 6.08 Å². The van der Waals surface area contributed by atoms with Crippen molar-refractivity contribution >= 4 is 0 Å². The highest BCUT2D eigenvalue weighted by Gasteiger charge is 2.42. The number of methoxy groups -OCH3 is 2. The second-order valence-corrected chi connectivity index (χ2v) is 3.69. The third-order valence-corrected chi connectivity index (χ3v) is 2.69. The van der Waals surface area contributed by atoms with Gasteiger partial charge in [0.2, 0.25) is 0 Å². The lowest BCUT2D eigenvalue weighted by atomic mass is 9.84. The van der Waals surface area contributed by atoms with Crippen molar-refractivity contribution in [3.63, 3.8) is 0 Å². The van der Waals surface area contributed by atoms with Crippen LogP contribution in [0.2, 0.25) is 0 Å². The molecule has 0 aromatic heterocycles. The zero-order valence-corrected chi connectivity index (χ0v) is 9.64. The third-order valence-electron chi connectivity index (χ3n) is 2.69. The summed E-state index contributed by atoms with van der Waals surface area (Å²) in [6.07, 6.45) is 4.69. The predicted octanol–water partition coefficient (Wildman–Crippen LogP) is 0.771. The summed E-state index contributed by atoms with van der Waals surface area (Å²) < 4.78 is 10.4. The van der Waals surface area contributed by atoms with Gasteiger partial charge in [-0.25, -0.2) is 0 Å². The molecule has 0 radical (unpaired) electrons. The normalized spacial score (nSPS) is 29.4. The Morgan fingerprint density at radius 2 is 2.25 bits per heavy atom. The summed E-state index contributed by atoms with van der Waals surface area (Å²) in [6.45, 7) is 3.49. The number of ether oxygens (including phenoxy) is 2. The SMILES string of the molecule is C=CCC1(O)C(OC)=CC(CO)=CC1OC. The number of rotatable bonds is 5. The van der Waals surface area contributed by atoms with E-state index in [9.17, 15) is 5.11 Å². The van der Waals surface area contributed by atoms with Crippen LogP contribution in [0, 0.1) is 0 Å². The Morgan fingerprint density at radius 1 is 1.56 bits per heavy atom. The molecule has 0 fully saturated rings. The van der Waals surface area contributed by atoms with Crippen LogP contribution in [0.4, 0.5) is 0 Å². The van der Waals surface area contributed by atoms with Crippen LogP contribution < -0.4 is 0 Å². The Morgan fingerprint density at radius 3 is 2.69 bits per heavy atom. The molecular formula is C12H18O4. The first-order valence-electron chi connectivity index (χ1n) is 5.06. The summed E-state index contributed by atoms with van der Waals surface area (Å²) >= 11 is 0.